The monoisotopic (exact) mass is 284 g/mol. The van der Waals surface area contributed by atoms with Crippen molar-refractivity contribution in [2.45, 2.75) is 18.7 Å². The van der Waals surface area contributed by atoms with Gasteiger partial charge in [0.15, 0.2) is 17.5 Å². The second-order valence-electron chi connectivity index (χ2n) is 4.43. The maximum absolute atomic E-state index is 13.6. The van der Waals surface area contributed by atoms with Gasteiger partial charge in [-0.2, -0.15) is 0 Å². The Kier molecular flexibility index (Phi) is 4.15. The number of hydrogen-bond donors (Lipinski definition) is 0. The van der Waals surface area contributed by atoms with Crippen molar-refractivity contribution in [3.05, 3.63) is 70.5 Å². The molecule has 1 atom stereocenters. The molecule has 4 heteroatoms. The topological polar surface area (TPSA) is 0 Å². The van der Waals surface area contributed by atoms with Crippen LogP contribution >= 0.6 is 11.6 Å². The Morgan fingerprint density at radius 2 is 1.79 bits per heavy atom. The zero-order valence-corrected chi connectivity index (χ0v) is 11.0. The molecule has 19 heavy (non-hydrogen) atoms. The standard InChI is InChI=1S/C15H12ClF3/c1-9-3-2-4-10(7-9)8-12(16)11-5-6-13(17)15(19)14(11)18/h2-7,12H,8H2,1H3. The summed E-state index contributed by atoms with van der Waals surface area (Å²) in [6.07, 6.45) is 0.352. The highest BCUT2D eigenvalue weighted by Crippen LogP contribution is 2.29. The first-order valence-corrected chi connectivity index (χ1v) is 6.25. The molecular formula is C15H12ClF3. The van der Waals surface area contributed by atoms with Crippen molar-refractivity contribution in [1.29, 1.82) is 0 Å². The SMILES string of the molecule is Cc1cccc(CC(Cl)c2ccc(F)c(F)c2F)c1. The first kappa shape index (κ1) is 13.9. The van der Waals surface area contributed by atoms with Crippen LogP contribution in [-0.2, 0) is 6.42 Å². The highest BCUT2D eigenvalue weighted by molar-refractivity contribution is 6.20. The molecular weight excluding hydrogens is 273 g/mol. The van der Waals surface area contributed by atoms with Crippen molar-refractivity contribution < 1.29 is 13.2 Å². The third kappa shape index (κ3) is 3.10. The van der Waals surface area contributed by atoms with Gasteiger partial charge in [0.25, 0.3) is 0 Å². The summed E-state index contributed by atoms with van der Waals surface area (Å²) < 4.78 is 39.6. The van der Waals surface area contributed by atoms with E-state index in [4.69, 9.17) is 11.6 Å². The van der Waals surface area contributed by atoms with E-state index in [0.717, 1.165) is 17.2 Å². The summed E-state index contributed by atoms with van der Waals surface area (Å²) in [7, 11) is 0. The Balaban J connectivity index is 2.25. The lowest BCUT2D eigenvalue weighted by Crippen LogP contribution is -2.03. The molecule has 0 nitrogen and oxygen atoms in total. The summed E-state index contributed by atoms with van der Waals surface area (Å²) in [6.45, 7) is 1.94. The Labute approximate surface area is 114 Å². The first-order valence-electron chi connectivity index (χ1n) is 5.82. The molecule has 0 bridgehead atoms. The van der Waals surface area contributed by atoms with E-state index in [2.05, 4.69) is 0 Å². The van der Waals surface area contributed by atoms with E-state index < -0.39 is 22.8 Å². The van der Waals surface area contributed by atoms with Gasteiger partial charge in [-0.05, 0) is 25.0 Å². The molecule has 2 rings (SSSR count). The largest absolute Gasteiger partial charge is 0.204 e. The van der Waals surface area contributed by atoms with Crippen molar-refractivity contribution in [3.8, 4) is 0 Å². The number of aryl methyl sites for hydroxylation is 1. The van der Waals surface area contributed by atoms with Crippen LogP contribution < -0.4 is 0 Å². The van der Waals surface area contributed by atoms with Gasteiger partial charge in [0.2, 0.25) is 0 Å². The van der Waals surface area contributed by atoms with Gasteiger partial charge < -0.3 is 0 Å². The maximum atomic E-state index is 13.6. The normalized spacial score (nSPS) is 12.5. The van der Waals surface area contributed by atoms with Gasteiger partial charge >= 0.3 is 0 Å². The van der Waals surface area contributed by atoms with Crippen molar-refractivity contribution in [3.63, 3.8) is 0 Å². The lowest BCUT2D eigenvalue weighted by molar-refractivity contribution is 0.440. The van der Waals surface area contributed by atoms with Crippen molar-refractivity contribution in [2.75, 3.05) is 0 Å². The summed E-state index contributed by atoms with van der Waals surface area (Å²) in [6, 6.07) is 9.66. The van der Waals surface area contributed by atoms with E-state index >= 15 is 0 Å². The summed E-state index contributed by atoms with van der Waals surface area (Å²) in [5.74, 6) is -3.90. The third-order valence-electron chi connectivity index (χ3n) is 2.90. The summed E-state index contributed by atoms with van der Waals surface area (Å²) >= 11 is 6.09. The summed E-state index contributed by atoms with van der Waals surface area (Å²) in [5.41, 5.74) is 1.96. The number of benzene rings is 2. The van der Waals surface area contributed by atoms with E-state index in [1.807, 2.05) is 31.2 Å². The molecule has 1 unspecified atom stereocenters. The Bertz CT molecular complexity index is 596. The minimum atomic E-state index is -1.48. The predicted molar refractivity (Wildman–Crippen MR) is 69.8 cm³/mol. The van der Waals surface area contributed by atoms with Gasteiger partial charge in [-0.25, -0.2) is 13.2 Å². The molecule has 0 heterocycles. The Morgan fingerprint density at radius 1 is 1.05 bits per heavy atom. The first-order chi connectivity index (χ1) is 8.99. The molecule has 0 saturated heterocycles. The fourth-order valence-electron chi connectivity index (χ4n) is 1.94. The van der Waals surface area contributed by atoms with Crippen LogP contribution in [0.15, 0.2) is 36.4 Å². The average molecular weight is 285 g/mol. The van der Waals surface area contributed by atoms with E-state index in [1.165, 1.54) is 6.07 Å². The molecule has 0 aliphatic carbocycles. The van der Waals surface area contributed by atoms with Crippen LogP contribution in [0, 0.1) is 24.4 Å². The molecule has 0 aromatic heterocycles. The molecule has 0 amide bonds. The van der Waals surface area contributed by atoms with Gasteiger partial charge in [-0.1, -0.05) is 35.9 Å². The molecule has 100 valence electrons. The smallest absolute Gasteiger partial charge is 0.194 e. The lowest BCUT2D eigenvalue weighted by atomic mass is 10.0. The van der Waals surface area contributed by atoms with Crippen molar-refractivity contribution in [2.24, 2.45) is 0 Å². The van der Waals surface area contributed by atoms with Crippen LogP contribution in [0.5, 0.6) is 0 Å². The Hall–Kier alpha value is -1.48. The molecule has 0 radical (unpaired) electrons. The molecule has 0 N–H and O–H groups in total. The number of hydrogen-bond acceptors (Lipinski definition) is 0. The second kappa shape index (κ2) is 5.66. The van der Waals surface area contributed by atoms with E-state index in [9.17, 15) is 13.2 Å². The molecule has 0 aliphatic heterocycles. The predicted octanol–water partition coefficient (Wildman–Crippen LogP) is 4.93. The van der Waals surface area contributed by atoms with Crippen LogP contribution in [0.3, 0.4) is 0 Å². The molecule has 0 saturated carbocycles. The fourth-order valence-corrected chi connectivity index (χ4v) is 2.29. The van der Waals surface area contributed by atoms with Crippen LogP contribution in [0.25, 0.3) is 0 Å². The van der Waals surface area contributed by atoms with Crippen LogP contribution in [0.1, 0.15) is 22.1 Å². The molecule has 2 aromatic carbocycles. The van der Waals surface area contributed by atoms with E-state index in [-0.39, 0.29) is 5.56 Å². The quantitative estimate of drug-likeness (QED) is 0.553. The fraction of sp³-hybridized carbons (Fsp3) is 0.200. The van der Waals surface area contributed by atoms with Crippen LogP contribution in [-0.4, -0.2) is 0 Å². The molecule has 0 spiro atoms. The van der Waals surface area contributed by atoms with Gasteiger partial charge in [-0.15, -0.1) is 11.6 Å². The lowest BCUT2D eigenvalue weighted by Gasteiger charge is -2.12. The zero-order valence-electron chi connectivity index (χ0n) is 10.3. The van der Waals surface area contributed by atoms with Gasteiger partial charge in [0.05, 0.1) is 5.38 Å². The van der Waals surface area contributed by atoms with E-state index in [1.54, 1.807) is 0 Å². The van der Waals surface area contributed by atoms with Crippen molar-refractivity contribution >= 4 is 11.6 Å². The highest BCUT2D eigenvalue weighted by atomic mass is 35.5. The number of halogens is 4. The average Bonchev–Trinajstić information content (AvgIpc) is 2.36. The molecule has 0 fully saturated rings. The molecule has 0 aliphatic rings. The summed E-state index contributed by atoms with van der Waals surface area (Å²) in [5, 5.41) is -0.739. The van der Waals surface area contributed by atoms with Gasteiger partial charge in [0.1, 0.15) is 0 Å². The third-order valence-corrected chi connectivity index (χ3v) is 3.29. The highest BCUT2D eigenvalue weighted by Gasteiger charge is 2.19. The maximum Gasteiger partial charge on any atom is 0.194 e. The zero-order chi connectivity index (χ0) is 14.0. The second-order valence-corrected chi connectivity index (χ2v) is 4.95. The number of rotatable bonds is 3. The van der Waals surface area contributed by atoms with Gasteiger partial charge in [-0.3, -0.25) is 0 Å². The van der Waals surface area contributed by atoms with Gasteiger partial charge in [0, 0.05) is 5.56 Å². The van der Waals surface area contributed by atoms with Crippen LogP contribution in [0.2, 0.25) is 0 Å². The summed E-state index contributed by atoms with van der Waals surface area (Å²) in [4.78, 5) is 0. The minimum Gasteiger partial charge on any atom is -0.204 e. The minimum absolute atomic E-state index is 0.0259. The molecule has 2 aromatic rings. The van der Waals surface area contributed by atoms with Crippen molar-refractivity contribution in [1.82, 2.24) is 0 Å². The number of alkyl halides is 1. The Morgan fingerprint density at radius 3 is 2.47 bits per heavy atom. The van der Waals surface area contributed by atoms with Crippen LogP contribution in [0.4, 0.5) is 13.2 Å². The van der Waals surface area contributed by atoms with E-state index in [0.29, 0.717) is 6.42 Å².